The summed E-state index contributed by atoms with van der Waals surface area (Å²) in [5.74, 6) is 1.77. The summed E-state index contributed by atoms with van der Waals surface area (Å²) in [6.45, 7) is 8.56. The topological polar surface area (TPSA) is 30.3 Å². The highest BCUT2D eigenvalue weighted by Gasteiger charge is 2.71. The Hall–Kier alpha value is -0.140. The molecule has 1 aromatic rings. The number of halogens is 1. The van der Waals surface area contributed by atoms with Gasteiger partial charge in [0.2, 0.25) is 0 Å². The van der Waals surface area contributed by atoms with E-state index in [4.69, 9.17) is 9.72 Å². The van der Waals surface area contributed by atoms with Gasteiger partial charge in [0, 0.05) is 30.7 Å². The van der Waals surface area contributed by atoms with E-state index in [2.05, 4.69) is 52.1 Å². The first-order valence-electron chi connectivity index (χ1n) is 7.63. The third-order valence-corrected chi connectivity index (χ3v) is 5.91. The van der Waals surface area contributed by atoms with Gasteiger partial charge < -0.3 is 9.30 Å². The molecule has 0 radical (unpaired) electrons. The maximum Gasteiger partial charge on any atom is 0.119 e. The molecule has 4 fully saturated rings. The summed E-state index contributed by atoms with van der Waals surface area (Å²) in [7, 11) is 0. The van der Waals surface area contributed by atoms with Gasteiger partial charge in [-0.3, -0.25) is 4.90 Å². The molecule has 5 heteroatoms. The van der Waals surface area contributed by atoms with Crippen molar-refractivity contribution < 1.29 is 4.74 Å². The normalized spacial score (nSPS) is 36.8. The van der Waals surface area contributed by atoms with E-state index >= 15 is 0 Å². The van der Waals surface area contributed by atoms with Crippen LogP contribution in [0.5, 0.6) is 0 Å². The molecular weight excluding hydrogens is 365 g/mol. The van der Waals surface area contributed by atoms with Crippen LogP contribution < -0.4 is 0 Å². The molecule has 0 atom stereocenters. The molecule has 1 aliphatic heterocycles. The number of hydrogen-bond donors (Lipinski definition) is 0. The lowest BCUT2D eigenvalue weighted by Gasteiger charge is -2.74. The van der Waals surface area contributed by atoms with E-state index in [1.54, 1.807) is 0 Å². The smallest absolute Gasteiger partial charge is 0.119 e. The second-order valence-electron chi connectivity index (χ2n) is 7.02. The van der Waals surface area contributed by atoms with Crippen LogP contribution in [-0.2, 0) is 10.3 Å². The summed E-state index contributed by atoms with van der Waals surface area (Å²) in [5.41, 5.74) is 0.877. The molecule has 0 N–H and O–H groups in total. The average Bonchev–Trinajstić information content (AvgIpc) is 2.70. The van der Waals surface area contributed by atoms with Crippen LogP contribution in [0.4, 0.5) is 0 Å². The Bertz CT molecular complexity index is 513. The van der Waals surface area contributed by atoms with E-state index in [1.807, 2.05) is 0 Å². The first-order valence-corrected chi connectivity index (χ1v) is 8.71. The molecule has 0 unspecified atom stereocenters. The van der Waals surface area contributed by atoms with Crippen LogP contribution in [0.1, 0.15) is 44.9 Å². The Morgan fingerprint density at radius 1 is 1.20 bits per heavy atom. The fraction of sp³-hybridized carbons (Fsp3) is 0.800. The van der Waals surface area contributed by atoms with Crippen LogP contribution in [-0.4, -0.2) is 46.3 Å². The van der Waals surface area contributed by atoms with E-state index < -0.39 is 0 Å². The van der Waals surface area contributed by atoms with Gasteiger partial charge in [-0.15, -0.1) is 0 Å². The van der Waals surface area contributed by atoms with E-state index in [-0.39, 0.29) is 0 Å². The second kappa shape index (κ2) is 4.43. The highest BCUT2D eigenvalue weighted by atomic mass is 127. The Morgan fingerprint density at radius 2 is 1.85 bits per heavy atom. The number of rotatable bonds is 3. The summed E-state index contributed by atoms with van der Waals surface area (Å²) < 4.78 is 9.12. The van der Waals surface area contributed by atoms with Crippen molar-refractivity contribution in [3.63, 3.8) is 0 Å². The molecule has 4 aliphatic rings. The van der Waals surface area contributed by atoms with Crippen molar-refractivity contribution in [2.45, 2.75) is 50.1 Å². The van der Waals surface area contributed by atoms with Gasteiger partial charge in [-0.25, -0.2) is 4.98 Å². The standard InChI is InChI=1S/C15H22IN3O/c1-11(2)13-17-12(16)7-19(13)15-8-14(9-15,10-15)18-3-5-20-6-4-18/h7,11H,3-6,8-10H2,1-2H3. The monoisotopic (exact) mass is 387 g/mol. The molecule has 110 valence electrons. The number of aromatic nitrogens is 2. The highest BCUT2D eigenvalue weighted by Crippen LogP contribution is 2.68. The lowest BCUT2D eigenvalue weighted by atomic mass is 9.43. The lowest BCUT2D eigenvalue weighted by Crippen LogP contribution is -2.79. The zero-order valence-electron chi connectivity index (χ0n) is 12.2. The summed E-state index contributed by atoms with van der Waals surface area (Å²) in [6, 6.07) is 0. The van der Waals surface area contributed by atoms with Crippen LogP contribution >= 0.6 is 22.6 Å². The summed E-state index contributed by atoms with van der Waals surface area (Å²) in [4.78, 5) is 7.41. The number of hydrogen-bond acceptors (Lipinski definition) is 3. The Balaban J connectivity index is 1.54. The van der Waals surface area contributed by atoms with Gasteiger partial charge in [0.25, 0.3) is 0 Å². The van der Waals surface area contributed by atoms with Crippen molar-refractivity contribution in [3.05, 3.63) is 15.7 Å². The fourth-order valence-corrected chi connectivity index (χ4v) is 4.99. The molecule has 5 rings (SSSR count). The first-order chi connectivity index (χ1) is 9.55. The van der Waals surface area contributed by atoms with Crippen molar-refractivity contribution in [3.8, 4) is 0 Å². The van der Waals surface area contributed by atoms with Crippen molar-refractivity contribution in [1.29, 1.82) is 0 Å². The van der Waals surface area contributed by atoms with Gasteiger partial charge in [0.1, 0.15) is 9.53 Å². The fourth-order valence-electron chi connectivity index (χ4n) is 4.46. The third kappa shape index (κ3) is 1.75. The van der Waals surface area contributed by atoms with Crippen LogP contribution in [0.2, 0.25) is 0 Å². The van der Waals surface area contributed by atoms with Crippen LogP contribution in [0.25, 0.3) is 0 Å². The third-order valence-electron chi connectivity index (χ3n) is 5.39. The number of ether oxygens (including phenoxy) is 1. The van der Waals surface area contributed by atoms with E-state index in [0.717, 1.165) is 30.0 Å². The SMILES string of the molecule is CC(C)c1nc(I)cn1C12CC(N3CCOCC3)(C1)C2. The summed E-state index contributed by atoms with van der Waals surface area (Å²) >= 11 is 2.35. The number of nitrogens with zero attached hydrogens (tertiary/aromatic N) is 3. The zero-order chi connectivity index (χ0) is 14.0. The zero-order valence-corrected chi connectivity index (χ0v) is 14.4. The predicted molar refractivity (Wildman–Crippen MR) is 86.0 cm³/mol. The Kier molecular flexibility index (Phi) is 2.99. The van der Waals surface area contributed by atoms with Crippen LogP contribution in [0, 0.1) is 3.70 Å². The van der Waals surface area contributed by atoms with E-state index in [9.17, 15) is 0 Å². The van der Waals surface area contributed by atoms with Crippen LogP contribution in [0.15, 0.2) is 6.20 Å². The average molecular weight is 387 g/mol. The summed E-state index contributed by atoms with van der Waals surface area (Å²) in [6.07, 6.45) is 6.20. The van der Waals surface area contributed by atoms with Gasteiger partial charge in [0.15, 0.2) is 0 Å². The van der Waals surface area contributed by atoms with Crippen molar-refractivity contribution in [2.75, 3.05) is 26.3 Å². The molecule has 0 spiro atoms. The van der Waals surface area contributed by atoms with E-state index in [0.29, 0.717) is 17.0 Å². The molecule has 1 aromatic heterocycles. The molecule has 3 aliphatic carbocycles. The van der Waals surface area contributed by atoms with Gasteiger partial charge in [0.05, 0.1) is 18.8 Å². The largest absolute Gasteiger partial charge is 0.379 e. The van der Waals surface area contributed by atoms with Crippen LogP contribution in [0.3, 0.4) is 0 Å². The summed E-state index contributed by atoms with van der Waals surface area (Å²) in [5, 5.41) is 0. The molecular formula is C15H22IN3O. The van der Waals surface area contributed by atoms with Crippen molar-refractivity contribution in [1.82, 2.24) is 14.5 Å². The minimum atomic E-state index is 0.383. The molecule has 20 heavy (non-hydrogen) atoms. The molecule has 3 saturated carbocycles. The van der Waals surface area contributed by atoms with Crippen molar-refractivity contribution >= 4 is 22.6 Å². The predicted octanol–water partition coefficient (Wildman–Crippen LogP) is 2.57. The maximum absolute atomic E-state index is 5.49. The lowest BCUT2D eigenvalue weighted by molar-refractivity contribution is -0.221. The first kappa shape index (κ1) is 13.5. The molecule has 2 heterocycles. The van der Waals surface area contributed by atoms with Gasteiger partial charge >= 0.3 is 0 Å². The molecule has 0 aromatic carbocycles. The molecule has 1 saturated heterocycles. The minimum absolute atomic E-state index is 0.383. The molecule has 2 bridgehead atoms. The van der Waals surface area contributed by atoms with Gasteiger partial charge in [-0.1, -0.05) is 13.8 Å². The Morgan fingerprint density at radius 3 is 2.45 bits per heavy atom. The van der Waals surface area contributed by atoms with Gasteiger partial charge in [-0.2, -0.15) is 0 Å². The quantitative estimate of drug-likeness (QED) is 0.747. The van der Waals surface area contributed by atoms with Gasteiger partial charge in [-0.05, 0) is 41.9 Å². The minimum Gasteiger partial charge on any atom is -0.379 e. The molecule has 4 nitrogen and oxygen atoms in total. The highest BCUT2D eigenvalue weighted by molar-refractivity contribution is 14.1. The number of morpholine rings is 1. The van der Waals surface area contributed by atoms with E-state index in [1.165, 1.54) is 25.1 Å². The second-order valence-corrected chi connectivity index (χ2v) is 8.13. The molecule has 0 amide bonds. The maximum atomic E-state index is 5.49. The van der Waals surface area contributed by atoms with Crippen molar-refractivity contribution in [2.24, 2.45) is 0 Å². The Labute approximate surface area is 134 Å². The number of imidazole rings is 1.